The van der Waals surface area contributed by atoms with Gasteiger partial charge >= 0.3 is 0 Å². The van der Waals surface area contributed by atoms with Gasteiger partial charge < -0.3 is 5.32 Å². The number of amides is 1. The summed E-state index contributed by atoms with van der Waals surface area (Å²) in [6.07, 6.45) is 2.59. The van der Waals surface area contributed by atoms with Crippen molar-refractivity contribution < 1.29 is 4.79 Å². The van der Waals surface area contributed by atoms with E-state index in [1.54, 1.807) is 0 Å². The molecule has 2 unspecified atom stereocenters. The Bertz CT molecular complexity index is 231. The van der Waals surface area contributed by atoms with Crippen molar-refractivity contribution in [1.29, 1.82) is 5.26 Å². The number of carbonyl (C=O) groups is 1. The molecular weight excluding hydrogens is 196 g/mol. The number of rotatable bonds is 4. The van der Waals surface area contributed by atoms with Crippen molar-refractivity contribution in [3.63, 3.8) is 0 Å². The van der Waals surface area contributed by atoms with Crippen LogP contribution in [-0.2, 0) is 4.79 Å². The van der Waals surface area contributed by atoms with E-state index in [1.807, 2.05) is 18.7 Å². The van der Waals surface area contributed by atoms with Crippen molar-refractivity contribution in [3.05, 3.63) is 0 Å². The first kappa shape index (κ1) is 11.4. The highest BCUT2D eigenvalue weighted by Crippen LogP contribution is 2.17. The zero-order valence-electron chi connectivity index (χ0n) is 8.45. The maximum Gasteiger partial charge on any atom is 0.237 e. The van der Waals surface area contributed by atoms with Gasteiger partial charge in [0.1, 0.15) is 5.92 Å². The molecule has 1 saturated heterocycles. The zero-order valence-corrected chi connectivity index (χ0v) is 9.27. The maximum atomic E-state index is 11.6. The predicted octanol–water partition coefficient (Wildman–Crippen LogP) is 1.55. The molecule has 1 fully saturated rings. The Morgan fingerprint density at radius 2 is 2.57 bits per heavy atom. The molecule has 14 heavy (non-hydrogen) atoms. The third-order valence-corrected chi connectivity index (χ3v) is 3.49. The first-order chi connectivity index (χ1) is 6.77. The molecule has 0 radical (unpaired) electrons. The van der Waals surface area contributed by atoms with Crippen molar-refractivity contribution in [2.75, 3.05) is 11.5 Å². The highest BCUT2D eigenvalue weighted by atomic mass is 32.2. The zero-order chi connectivity index (χ0) is 10.4. The van der Waals surface area contributed by atoms with Gasteiger partial charge in [0, 0.05) is 11.8 Å². The minimum atomic E-state index is -0.453. The van der Waals surface area contributed by atoms with E-state index >= 15 is 0 Å². The highest BCUT2D eigenvalue weighted by Gasteiger charge is 2.22. The van der Waals surface area contributed by atoms with Gasteiger partial charge in [0.25, 0.3) is 0 Å². The molecule has 0 aromatic heterocycles. The van der Waals surface area contributed by atoms with Gasteiger partial charge in [0.2, 0.25) is 5.91 Å². The third kappa shape index (κ3) is 3.22. The molecule has 1 aliphatic heterocycles. The molecule has 2 atom stereocenters. The first-order valence-corrected chi connectivity index (χ1v) is 6.21. The van der Waals surface area contributed by atoms with Gasteiger partial charge in [0.05, 0.1) is 6.07 Å². The lowest BCUT2D eigenvalue weighted by Crippen LogP contribution is -2.38. The number of nitrogens with one attached hydrogen (secondary N) is 1. The number of carbonyl (C=O) groups excluding carboxylic acids is 1. The molecule has 0 bridgehead atoms. The van der Waals surface area contributed by atoms with Crippen LogP contribution in [0.3, 0.4) is 0 Å². The minimum absolute atomic E-state index is 0.0816. The van der Waals surface area contributed by atoms with E-state index < -0.39 is 5.92 Å². The highest BCUT2D eigenvalue weighted by molar-refractivity contribution is 7.99. The van der Waals surface area contributed by atoms with Crippen LogP contribution in [0.1, 0.15) is 26.2 Å². The Morgan fingerprint density at radius 3 is 3.07 bits per heavy atom. The molecular formula is C10H16N2OS. The molecule has 1 heterocycles. The minimum Gasteiger partial charge on any atom is -0.351 e. The number of thioether (sulfide) groups is 1. The monoisotopic (exact) mass is 212 g/mol. The van der Waals surface area contributed by atoms with Gasteiger partial charge in [0.15, 0.2) is 0 Å². The second-order valence-corrected chi connectivity index (χ2v) is 4.69. The Balaban J connectivity index is 2.35. The van der Waals surface area contributed by atoms with Gasteiger partial charge in [-0.25, -0.2) is 0 Å². The van der Waals surface area contributed by atoms with Crippen molar-refractivity contribution in [3.8, 4) is 6.07 Å². The summed E-state index contributed by atoms with van der Waals surface area (Å²) in [4.78, 5) is 11.6. The van der Waals surface area contributed by atoms with Crippen molar-refractivity contribution in [2.45, 2.75) is 32.2 Å². The largest absolute Gasteiger partial charge is 0.351 e. The van der Waals surface area contributed by atoms with E-state index in [2.05, 4.69) is 11.4 Å². The summed E-state index contributed by atoms with van der Waals surface area (Å²) in [5, 5.41) is 11.7. The molecule has 0 aromatic carbocycles. The topological polar surface area (TPSA) is 52.9 Å². The van der Waals surface area contributed by atoms with Crippen LogP contribution in [-0.4, -0.2) is 23.5 Å². The molecule has 0 saturated carbocycles. The van der Waals surface area contributed by atoms with Gasteiger partial charge in [-0.1, -0.05) is 13.3 Å². The smallest absolute Gasteiger partial charge is 0.237 e. The van der Waals surface area contributed by atoms with Gasteiger partial charge in [-0.2, -0.15) is 17.0 Å². The summed E-state index contributed by atoms with van der Waals surface area (Å²) < 4.78 is 0. The van der Waals surface area contributed by atoms with E-state index in [-0.39, 0.29) is 5.91 Å². The Morgan fingerprint density at radius 1 is 1.79 bits per heavy atom. The van der Waals surface area contributed by atoms with Crippen LogP contribution < -0.4 is 5.32 Å². The molecule has 4 heteroatoms. The van der Waals surface area contributed by atoms with Crippen LogP contribution in [0.15, 0.2) is 0 Å². The van der Waals surface area contributed by atoms with Crippen LogP contribution in [0.5, 0.6) is 0 Å². The third-order valence-electron chi connectivity index (χ3n) is 2.33. The van der Waals surface area contributed by atoms with Gasteiger partial charge in [-0.3, -0.25) is 4.79 Å². The summed E-state index contributed by atoms with van der Waals surface area (Å²) in [5.41, 5.74) is 0. The number of hydrogen-bond donors (Lipinski definition) is 1. The summed E-state index contributed by atoms with van der Waals surface area (Å²) in [6, 6.07) is 2.35. The normalized spacial score (nSPS) is 22.7. The van der Waals surface area contributed by atoms with Crippen LogP contribution in [0.25, 0.3) is 0 Å². The number of nitrogens with zero attached hydrogens (tertiary/aromatic N) is 1. The quantitative estimate of drug-likeness (QED) is 0.769. The van der Waals surface area contributed by atoms with Crippen molar-refractivity contribution in [1.82, 2.24) is 5.32 Å². The predicted molar refractivity (Wildman–Crippen MR) is 57.9 cm³/mol. The van der Waals surface area contributed by atoms with Crippen LogP contribution in [0.4, 0.5) is 0 Å². The lowest BCUT2D eigenvalue weighted by Gasteiger charge is -2.13. The fraction of sp³-hybridized carbons (Fsp3) is 0.800. The number of nitriles is 1. The summed E-state index contributed by atoms with van der Waals surface area (Å²) >= 11 is 1.86. The molecule has 3 nitrogen and oxygen atoms in total. The fourth-order valence-corrected chi connectivity index (χ4v) is 2.65. The molecule has 1 rings (SSSR count). The lowest BCUT2D eigenvalue weighted by atomic mass is 10.0. The summed E-state index contributed by atoms with van der Waals surface area (Å²) in [7, 11) is 0. The van der Waals surface area contributed by atoms with Crippen LogP contribution >= 0.6 is 11.8 Å². The SMILES string of the molecule is CCCC(C#N)C(=O)NC1CCSC1. The van der Waals surface area contributed by atoms with E-state index in [0.717, 1.165) is 24.3 Å². The van der Waals surface area contributed by atoms with Gasteiger partial charge in [-0.05, 0) is 18.6 Å². The fourth-order valence-electron chi connectivity index (χ4n) is 1.49. The second-order valence-electron chi connectivity index (χ2n) is 3.54. The molecule has 0 spiro atoms. The Hall–Kier alpha value is -0.690. The average Bonchev–Trinajstić information content (AvgIpc) is 2.66. The molecule has 1 aliphatic rings. The molecule has 1 N–H and O–H groups in total. The van der Waals surface area contributed by atoms with Crippen LogP contribution in [0.2, 0.25) is 0 Å². The van der Waals surface area contributed by atoms with E-state index in [4.69, 9.17) is 5.26 Å². The average molecular weight is 212 g/mol. The van der Waals surface area contributed by atoms with Crippen molar-refractivity contribution >= 4 is 17.7 Å². The Labute approximate surface area is 89.2 Å². The maximum absolute atomic E-state index is 11.6. The second kappa shape index (κ2) is 5.92. The van der Waals surface area contributed by atoms with E-state index in [9.17, 15) is 4.79 Å². The Kier molecular flexibility index (Phi) is 4.81. The summed E-state index contributed by atoms with van der Waals surface area (Å²) in [6.45, 7) is 1.99. The molecule has 78 valence electrons. The van der Waals surface area contributed by atoms with E-state index in [1.165, 1.54) is 0 Å². The van der Waals surface area contributed by atoms with Crippen molar-refractivity contribution in [2.24, 2.45) is 5.92 Å². The first-order valence-electron chi connectivity index (χ1n) is 5.05. The van der Waals surface area contributed by atoms with E-state index in [0.29, 0.717) is 12.5 Å². The van der Waals surface area contributed by atoms with Gasteiger partial charge in [-0.15, -0.1) is 0 Å². The van der Waals surface area contributed by atoms with Crippen LogP contribution in [0, 0.1) is 17.2 Å². The summed E-state index contributed by atoms with van der Waals surface area (Å²) in [5.74, 6) is 1.58. The lowest BCUT2D eigenvalue weighted by molar-refractivity contribution is -0.124. The molecule has 1 amide bonds. The number of hydrogen-bond acceptors (Lipinski definition) is 3. The molecule has 0 aliphatic carbocycles. The standard InChI is InChI=1S/C10H16N2OS/c1-2-3-8(6-11)10(13)12-9-4-5-14-7-9/h8-9H,2-5,7H2,1H3,(H,12,13). The molecule has 0 aromatic rings.